The number of nitrogens with zero attached hydrogens (tertiary/aromatic N) is 2. The van der Waals surface area contributed by atoms with Crippen molar-refractivity contribution in [2.75, 3.05) is 18.0 Å². The maximum absolute atomic E-state index is 14.4. The summed E-state index contributed by atoms with van der Waals surface area (Å²) >= 11 is 0. The van der Waals surface area contributed by atoms with E-state index >= 15 is 0 Å². The maximum atomic E-state index is 14.4. The summed E-state index contributed by atoms with van der Waals surface area (Å²) in [6.45, 7) is 8.69. The van der Waals surface area contributed by atoms with Gasteiger partial charge in [0.1, 0.15) is 0 Å². The lowest BCUT2D eigenvalue weighted by Gasteiger charge is -2.19. The molecule has 1 aromatic rings. The number of halogens is 1. The lowest BCUT2D eigenvalue weighted by molar-refractivity contribution is 0.548. The van der Waals surface area contributed by atoms with Gasteiger partial charge in [0.25, 0.3) is 0 Å². The Bertz CT molecular complexity index is 406. The highest BCUT2D eigenvalue weighted by molar-refractivity contribution is 5.44. The lowest BCUT2D eigenvalue weighted by Crippen LogP contribution is -2.25. The Kier molecular flexibility index (Phi) is 4.17. The number of aromatic nitrogens is 1. The largest absolute Gasteiger partial charge is 0.354 e. The molecule has 2 rings (SSSR count). The van der Waals surface area contributed by atoms with E-state index in [1.807, 2.05) is 0 Å². The van der Waals surface area contributed by atoms with Crippen molar-refractivity contribution in [1.29, 1.82) is 0 Å². The highest BCUT2D eigenvalue weighted by atomic mass is 19.1. The zero-order valence-electron chi connectivity index (χ0n) is 11.4. The van der Waals surface area contributed by atoms with Crippen LogP contribution in [-0.2, 0) is 6.54 Å². The number of anilines is 1. The molecule has 4 heteroatoms. The summed E-state index contributed by atoms with van der Waals surface area (Å²) < 4.78 is 14.4. The summed E-state index contributed by atoms with van der Waals surface area (Å²) in [7, 11) is 0. The quantitative estimate of drug-likeness (QED) is 0.891. The fourth-order valence-electron chi connectivity index (χ4n) is 2.27. The second kappa shape index (κ2) is 5.65. The summed E-state index contributed by atoms with van der Waals surface area (Å²) in [4.78, 5) is 6.26. The number of hydrogen-bond acceptors (Lipinski definition) is 3. The molecule has 1 N–H and O–H groups in total. The first-order valence-corrected chi connectivity index (χ1v) is 6.69. The van der Waals surface area contributed by atoms with Crippen LogP contribution >= 0.6 is 0 Å². The average molecular weight is 251 g/mol. The predicted molar refractivity (Wildman–Crippen MR) is 72.2 cm³/mol. The van der Waals surface area contributed by atoms with E-state index in [1.165, 1.54) is 0 Å². The molecule has 0 saturated carbocycles. The van der Waals surface area contributed by atoms with Crippen LogP contribution < -0.4 is 10.2 Å². The molecule has 0 amide bonds. The van der Waals surface area contributed by atoms with Crippen LogP contribution in [0.4, 0.5) is 10.2 Å². The molecule has 1 aliphatic rings. The second-order valence-corrected chi connectivity index (χ2v) is 5.48. The molecular weight excluding hydrogens is 229 g/mol. The molecule has 1 aromatic heterocycles. The van der Waals surface area contributed by atoms with Crippen molar-refractivity contribution in [2.24, 2.45) is 5.92 Å². The lowest BCUT2D eigenvalue weighted by atomic mass is 10.2. The molecule has 0 aromatic carbocycles. The molecule has 2 heterocycles. The summed E-state index contributed by atoms with van der Waals surface area (Å²) in [5.41, 5.74) is 0.702. The topological polar surface area (TPSA) is 28.2 Å². The van der Waals surface area contributed by atoms with Gasteiger partial charge in [0.15, 0.2) is 11.6 Å². The van der Waals surface area contributed by atoms with E-state index in [0.29, 0.717) is 29.9 Å². The first-order valence-electron chi connectivity index (χ1n) is 6.69. The Balaban J connectivity index is 2.14. The highest BCUT2D eigenvalue weighted by Crippen LogP contribution is 2.25. The van der Waals surface area contributed by atoms with Gasteiger partial charge in [0.2, 0.25) is 0 Å². The highest BCUT2D eigenvalue weighted by Gasteiger charge is 2.23. The van der Waals surface area contributed by atoms with Gasteiger partial charge in [-0.15, -0.1) is 0 Å². The zero-order chi connectivity index (χ0) is 13.1. The molecule has 1 aliphatic heterocycles. The number of rotatable bonds is 4. The third kappa shape index (κ3) is 2.99. The van der Waals surface area contributed by atoms with Gasteiger partial charge in [-0.25, -0.2) is 9.37 Å². The van der Waals surface area contributed by atoms with Crippen LogP contribution in [0.3, 0.4) is 0 Å². The minimum absolute atomic E-state index is 0.167. The fourth-order valence-corrected chi connectivity index (χ4v) is 2.27. The molecule has 1 saturated heterocycles. The van der Waals surface area contributed by atoms with Crippen LogP contribution in [0.2, 0.25) is 0 Å². The average Bonchev–Trinajstić information content (AvgIpc) is 2.74. The first kappa shape index (κ1) is 13.3. The third-order valence-electron chi connectivity index (χ3n) is 3.37. The van der Waals surface area contributed by atoms with Gasteiger partial charge in [0, 0.05) is 37.4 Å². The smallest absolute Gasteiger partial charge is 0.170 e. The molecule has 0 spiro atoms. The molecule has 0 bridgehead atoms. The Morgan fingerprint density at radius 1 is 1.56 bits per heavy atom. The van der Waals surface area contributed by atoms with E-state index in [0.717, 1.165) is 19.5 Å². The number of nitrogens with one attached hydrogen (secondary N) is 1. The molecule has 0 aliphatic carbocycles. The van der Waals surface area contributed by atoms with Crippen molar-refractivity contribution >= 4 is 5.82 Å². The van der Waals surface area contributed by atoms with Crippen molar-refractivity contribution in [2.45, 2.75) is 39.8 Å². The number of pyridine rings is 1. The maximum Gasteiger partial charge on any atom is 0.170 e. The van der Waals surface area contributed by atoms with Gasteiger partial charge in [-0.05, 0) is 18.4 Å². The minimum atomic E-state index is -0.167. The van der Waals surface area contributed by atoms with Crippen molar-refractivity contribution in [1.82, 2.24) is 10.3 Å². The van der Waals surface area contributed by atoms with Gasteiger partial charge >= 0.3 is 0 Å². The van der Waals surface area contributed by atoms with Gasteiger partial charge < -0.3 is 10.2 Å². The van der Waals surface area contributed by atoms with Crippen LogP contribution in [0.25, 0.3) is 0 Å². The molecule has 100 valence electrons. The SMILES string of the molecule is CC1CCN(c2nccc(CNC(C)C)c2F)C1. The molecule has 0 radical (unpaired) electrons. The van der Waals surface area contributed by atoms with E-state index in [9.17, 15) is 4.39 Å². The van der Waals surface area contributed by atoms with Crippen LogP contribution in [0, 0.1) is 11.7 Å². The van der Waals surface area contributed by atoms with E-state index in [-0.39, 0.29) is 5.82 Å². The van der Waals surface area contributed by atoms with Gasteiger partial charge in [-0.1, -0.05) is 20.8 Å². The van der Waals surface area contributed by atoms with E-state index in [2.05, 4.69) is 36.0 Å². The third-order valence-corrected chi connectivity index (χ3v) is 3.37. The Labute approximate surface area is 108 Å². The molecule has 1 atom stereocenters. The van der Waals surface area contributed by atoms with Crippen LogP contribution in [0.1, 0.15) is 32.8 Å². The standard InChI is InChI=1S/C14H22FN3/c1-10(2)17-8-12-4-6-16-14(13(12)15)18-7-5-11(3)9-18/h4,6,10-11,17H,5,7-9H2,1-3H3. The second-order valence-electron chi connectivity index (χ2n) is 5.48. The molecule has 1 unspecified atom stereocenters. The monoisotopic (exact) mass is 251 g/mol. The number of hydrogen-bond donors (Lipinski definition) is 1. The van der Waals surface area contributed by atoms with Gasteiger partial charge in [-0.2, -0.15) is 0 Å². The summed E-state index contributed by atoms with van der Waals surface area (Å²) in [6.07, 6.45) is 2.83. The van der Waals surface area contributed by atoms with Crippen LogP contribution in [0.15, 0.2) is 12.3 Å². The van der Waals surface area contributed by atoms with Gasteiger partial charge in [0.05, 0.1) is 0 Å². The van der Waals surface area contributed by atoms with E-state index in [1.54, 1.807) is 12.3 Å². The summed E-state index contributed by atoms with van der Waals surface area (Å²) in [5, 5.41) is 3.24. The van der Waals surface area contributed by atoms with Crippen LogP contribution in [-0.4, -0.2) is 24.1 Å². The molecular formula is C14H22FN3. The minimum Gasteiger partial charge on any atom is -0.354 e. The van der Waals surface area contributed by atoms with E-state index in [4.69, 9.17) is 0 Å². The van der Waals surface area contributed by atoms with Gasteiger partial charge in [-0.3, -0.25) is 0 Å². The molecule has 1 fully saturated rings. The first-order chi connectivity index (χ1) is 8.58. The Morgan fingerprint density at radius 3 is 2.94 bits per heavy atom. The van der Waals surface area contributed by atoms with E-state index < -0.39 is 0 Å². The van der Waals surface area contributed by atoms with Crippen molar-refractivity contribution in [3.05, 3.63) is 23.6 Å². The van der Waals surface area contributed by atoms with Crippen LogP contribution in [0.5, 0.6) is 0 Å². The fraction of sp³-hybridized carbons (Fsp3) is 0.643. The van der Waals surface area contributed by atoms with Crippen molar-refractivity contribution in [3.8, 4) is 0 Å². The molecule has 3 nitrogen and oxygen atoms in total. The van der Waals surface area contributed by atoms with Crippen molar-refractivity contribution < 1.29 is 4.39 Å². The summed E-state index contributed by atoms with van der Waals surface area (Å²) in [5.74, 6) is 0.978. The van der Waals surface area contributed by atoms with Crippen molar-refractivity contribution in [3.63, 3.8) is 0 Å². The normalized spacial score (nSPS) is 19.8. The Hall–Kier alpha value is -1.16. The predicted octanol–water partition coefficient (Wildman–Crippen LogP) is 2.56. The summed E-state index contributed by atoms with van der Waals surface area (Å²) in [6, 6.07) is 2.11. The Morgan fingerprint density at radius 2 is 2.33 bits per heavy atom. The zero-order valence-corrected chi connectivity index (χ0v) is 11.4. The molecule has 18 heavy (non-hydrogen) atoms.